The molecule has 4 rings (SSSR count). The number of alkyl halides is 3. The van der Waals surface area contributed by atoms with Gasteiger partial charge in [-0.1, -0.05) is 32.0 Å². The van der Waals surface area contributed by atoms with Crippen molar-refractivity contribution in [3.63, 3.8) is 0 Å². The van der Waals surface area contributed by atoms with Crippen LogP contribution in [0.3, 0.4) is 0 Å². The first kappa shape index (κ1) is 28.5. The van der Waals surface area contributed by atoms with Crippen LogP contribution in [0.4, 0.5) is 19.1 Å². The molecule has 1 aromatic heterocycles. The van der Waals surface area contributed by atoms with Gasteiger partial charge in [0.25, 0.3) is 5.91 Å². The number of aromatic nitrogens is 2. The molecule has 208 valence electrons. The van der Waals surface area contributed by atoms with Crippen LogP contribution in [0, 0.1) is 0 Å². The Labute approximate surface area is 224 Å². The third kappa shape index (κ3) is 6.22. The Balaban J connectivity index is 1.54. The molecule has 0 saturated carbocycles. The quantitative estimate of drug-likeness (QED) is 0.422. The van der Waals surface area contributed by atoms with Crippen LogP contribution in [0.1, 0.15) is 64.8 Å². The van der Waals surface area contributed by atoms with E-state index in [1.54, 1.807) is 36.1 Å². The summed E-state index contributed by atoms with van der Waals surface area (Å²) in [6.45, 7) is 4.01. The van der Waals surface area contributed by atoms with Crippen LogP contribution in [-0.2, 0) is 22.6 Å². The maximum atomic E-state index is 13.1. The first-order valence-electron chi connectivity index (χ1n) is 12.5. The van der Waals surface area contributed by atoms with Crippen molar-refractivity contribution in [2.24, 2.45) is 0 Å². The Kier molecular flexibility index (Phi) is 8.26. The first-order valence-corrected chi connectivity index (χ1v) is 14.1. The molecular weight excluding hydrogens is 533 g/mol. The number of nitrogens with zero attached hydrogens (tertiary/aromatic N) is 3. The van der Waals surface area contributed by atoms with E-state index in [-0.39, 0.29) is 22.5 Å². The number of hydrogen-bond donors (Lipinski definition) is 2. The fourth-order valence-electron chi connectivity index (χ4n) is 4.60. The monoisotopic (exact) mass is 562 g/mol. The zero-order valence-electron chi connectivity index (χ0n) is 21.4. The topological polar surface area (TPSA) is 112 Å². The molecule has 39 heavy (non-hydrogen) atoms. The van der Waals surface area contributed by atoms with Gasteiger partial charge in [-0.2, -0.15) is 13.2 Å². The van der Waals surface area contributed by atoms with Gasteiger partial charge in [-0.15, -0.1) is 0 Å². The molecule has 2 heterocycles. The summed E-state index contributed by atoms with van der Waals surface area (Å²) < 4.78 is 62.9. The molecule has 2 aromatic carbocycles. The summed E-state index contributed by atoms with van der Waals surface area (Å²) in [6, 6.07) is 10.6. The minimum Gasteiger partial charge on any atom is -0.394 e. The summed E-state index contributed by atoms with van der Waals surface area (Å²) in [5, 5.41) is 12.7. The van der Waals surface area contributed by atoms with Crippen LogP contribution >= 0.6 is 0 Å². The van der Waals surface area contributed by atoms with Gasteiger partial charge in [0.2, 0.25) is 5.95 Å². The molecule has 8 nitrogen and oxygen atoms in total. The van der Waals surface area contributed by atoms with E-state index in [9.17, 15) is 31.5 Å². The van der Waals surface area contributed by atoms with Gasteiger partial charge in [0.1, 0.15) is 0 Å². The maximum absolute atomic E-state index is 13.1. The molecule has 12 heteroatoms. The summed E-state index contributed by atoms with van der Waals surface area (Å²) >= 11 is 0. The van der Waals surface area contributed by atoms with Crippen LogP contribution in [-0.4, -0.2) is 48.3 Å². The number of amides is 1. The van der Waals surface area contributed by atoms with Crippen molar-refractivity contribution in [1.29, 1.82) is 0 Å². The average Bonchev–Trinajstić information content (AvgIpc) is 2.94. The van der Waals surface area contributed by atoms with E-state index in [0.29, 0.717) is 24.2 Å². The minimum absolute atomic E-state index is 0.0356. The van der Waals surface area contributed by atoms with E-state index in [1.165, 1.54) is 12.1 Å². The second kappa shape index (κ2) is 11.3. The number of nitrogens with one attached hydrogen (secondary N) is 1. The highest BCUT2D eigenvalue weighted by molar-refractivity contribution is 7.91. The summed E-state index contributed by atoms with van der Waals surface area (Å²) in [7, 11) is -3.38. The Bertz CT molecular complexity index is 1430. The van der Waals surface area contributed by atoms with Gasteiger partial charge < -0.3 is 15.3 Å². The van der Waals surface area contributed by atoms with Crippen molar-refractivity contribution in [1.82, 2.24) is 15.3 Å². The largest absolute Gasteiger partial charge is 0.419 e. The van der Waals surface area contributed by atoms with E-state index in [0.717, 1.165) is 29.9 Å². The molecular formula is C27H29F3N4O4S. The maximum Gasteiger partial charge on any atom is 0.419 e. The van der Waals surface area contributed by atoms with Crippen LogP contribution in [0.15, 0.2) is 59.8 Å². The van der Waals surface area contributed by atoms with Crippen molar-refractivity contribution in [2.45, 2.75) is 49.8 Å². The van der Waals surface area contributed by atoms with Crippen molar-refractivity contribution < 1.29 is 31.5 Å². The number of fused-ring (bicyclic) bond motifs is 1. The number of anilines is 1. The zero-order valence-corrected chi connectivity index (χ0v) is 22.3. The van der Waals surface area contributed by atoms with E-state index in [1.807, 2.05) is 13.0 Å². The predicted molar refractivity (Wildman–Crippen MR) is 139 cm³/mol. The number of aliphatic hydroxyl groups is 1. The number of carbonyl (C=O) groups excluding carboxylic acids is 1. The number of aliphatic hydroxyl groups excluding tert-OH is 1. The van der Waals surface area contributed by atoms with E-state index in [2.05, 4.69) is 15.3 Å². The van der Waals surface area contributed by atoms with Crippen molar-refractivity contribution in [3.8, 4) is 0 Å². The Morgan fingerprint density at radius 1 is 1.13 bits per heavy atom. The van der Waals surface area contributed by atoms with Crippen LogP contribution < -0.4 is 10.2 Å². The SMILES string of the molecule is CCC1CN(c2ncc(C(F)(F)F)cn2)Cc2cc(C(=O)N[C@@H](CO)c3ccc(S(=O)(=O)CC)cc3)ccc21. The lowest BCUT2D eigenvalue weighted by Gasteiger charge is -2.34. The average molecular weight is 563 g/mol. The third-order valence-corrected chi connectivity index (χ3v) is 8.65. The summed E-state index contributed by atoms with van der Waals surface area (Å²) in [4.78, 5) is 22.9. The molecule has 1 unspecified atom stereocenters. The lowest BCUT2D eigenvalue weighted by atomic mass is 9.87. The number of sulfone groups is 1. The molecule has 1 amide bonds. The molecule has 0 aliphatic carbocycles. The molecule has 0 radical (unpaired) electrons. The van der Waals surface area contributed by atoms with Gasteiger partial charge >= 0.3 is 6.18 Å². The highest BCUT2D eigenvalue weighted by Gasteiger charge is 2.32. The Morgan fingerprint density at radius 3 is 2.36 bits per heavy atom. The Morgan fingerprint density at radius 2 is 1.79 bits per heavy atom. The van der Waals surface area contributed by atoms with E-state index < -0.39 is 40.1 Å². The highest BCUT2D eigenvalue weighted by Crippen LogP contribution is 2.34. The zero-order chi connectivity index (χ0) is 28.4. The fraction of sp³-hybridized carbons (Fsp3) is 0.370. The number of hydrogen-bond acceptors (Lipinski definition) is 7. The van der Waals surface area contributed by atoms with Gasteiger partial charge in [0.05, 0.1) is 28.9 Å². The molecule has 1 aliphatic rings. The van der Waals surface area contributed by atoms with Crippen LogP contribution in [0.5, 0.6) is 0 Å². The number of halogens is 3. The molecule has 2 atom stereocenters. The number of rotatable bonds is 8. The second-order valence-electron chi connectivity index (χ2n) is 9.35. The van der Waals surface area contributed by atoms with Crippen molar-refractivity contribution in [3.05, 3.63) is 82.7 Å². The summed E-state index contributed by atoms with van der Waals surface area (Å²) in [5.74, 6) is -0.222. The summed E-state index contributed by atoms with van der Waals surface area (Å²) in [5.41, 5.74) is 1.86. The molecule has 0 bridgehead atoms. The lowest BCUT2D eigenvalue weighted by molar-refractivity contribution is -0.138. The molecule has 3 aromatic rings. The Hall–Kier alpha value is -3.51. The van der Waals surface area contributed by atoms with Crippen LogP contribution in [0.25, 0.3) is 0 Å². The highest BCUT2D eigenvalue weighted by atomic mass is 32.2. The van der Waals surface area contributed by atoms with Gasteiger partial charge in [-0.3, -0.25) is 4.79 Å². The van der Waals surface area contributed by atoms with E-state index in [4.69, 9.17) is 0 Å². The van der Waals surface area contributed by atoms with Gasteiger partial charge in [0.15, 0.2) is 9.84 Å². The predicted octanol–water partition coefficient (Wildman–Crippen LogP) is 4.27. The molecule has 0 saturated heterocycles. The van der Waals surface area contributed by atoms with Gasteiger partial charge in [-0.05, 0) is 47.4 Å². The third-order valence-electron chi connectivity index (χ3n) is 6.90. The van der Waals surface area contributed by atoms with Gasteiger partial charge in [-0.25, -0.2) is 18.4 Å². The number of carbonyl (C=O) groups is 1. The molecule has 1 aliphatic heterocycles. The van der Waals surface area contributed by atoms with Crippen molar-refractivity contribution >= 4 is 21.7 Å². The van der Waals surface area contributed by atoms with Gasteiger partial charge in [0, 0.05) is 37.0 Å². The lowest BCUT2D eigenvalue weighted by Crippen LogP contribution is -2.35. The molecule has 0 fully saturated rings. The van der Waals surface area contributed by atoms with E-state index >= 15 is 0 Å². The normalized spacial score (nSPS) is 16.5. The van der Waals surface area contributed by atoms with Crippen LogP contribution in [0.2, 0.25) is 0 Å². The molecule has 0 spiro atoms. The second-order valence-corrected chi connectivity index (χ2v) is 11.6. The first-order chi connectivity index (χ1) is 18.5. The van der Waals surface area contributed by atoms with Crippen molar-refractivity contribution in [2.75, 3.05) is 23.8 Å². The fourth-order valence-corrected chi connectivity index (χ4v) is 5.48. The number of benzene rings is 2. The minimum atomic E-state index is -4.52. The molecule has 2 N–H and O–H groups in total. The summed E-state index contributed by atoms with van der Waals surface area (Å²) in [6.07, 6.45) is -2.22. The smallest absolute Gasteiger partial charge is 0.394 e. The standard InChI is InChI=1S/C27H29F3N4O4S/c1-3-17-14-34(26-31-12-21(13-32-26)27(28,29)30)15-20-11-19(7-10-23(17)20)25(36)33-24(16-35)18-5-8-22(9-6-18)39(37,38)4-2/h5-13,17,24,35H,3-4,14-16H2,1-2H3,(H,33,36)/t17?,24-/m0/s1.